The van der Waals surface area contributed by atoms with Gasteiger partial charge in [0, 0.05) is 26.6 Å². The largest absolute Gasteiger partial charge is 0.393 e. The zero-order chi connectivity index (χ0) is 11.5. The molecule has 90 valence electrons. The SMILES string of the molecule is CCCCCN(CCOC)CCC(N)=S. The van der Waals surface area contributed by atoms with E-state index < -0.39 is 0 Å². The van der Waals surface area contributed by atoms with Crippen LogP contribution in [0, 0.1) is 0 Å². The number of thiocarbonyl (C=S) groups is 1. The second-order valence-corrected chi connectivity index (χ2v) is 4.28. The molecule has 0 aliphatic rings. The van der Waals surface area contributed by atoms with Gasteiger partial charge in [-0.15, -0.1) is 0 Å². The van der Waals surface area contributed by atoms with Crippen LogP contribution in [-0.4, -0.2) is 43.2 Å². The highest BCUT2D eigenvalue weighted by Gasteiger charge is 2.04. The van der Waals surface area contributed by atoms with Crippen molar-refractivity contribution in [2.45, 2.75) is 32.6 Å². The molecule has 0 unspecified atom stereocenters. The van der Waals surface area contributed by atoms with Gasteiger partial charge in [0.15, 0.2) is 0 Å². The number of unbranched alkanes of at least 4 members (excludes halogenated alkanes) is 2. The van der Waals surface area contributed by atoms with Gasteiger partial charge in [-0.3, -0.25) is 0 Å². The monoisotopic (exact) mass is 232 g/mol. The van der Waals surface area contributed by atoms with E-state index in [1.807, 2.05) is 0 Å². The molecule has 0 heterocycles. The molecule has 0 aromatic rings. The van der Waals surface area contributed by atoms with Crippen LogP contribution in [0.4, 0.5) is 0 Å². The van der Waals surface area contributed by atoms with Crippen LogP contribution in [0.15, 0.2) is 0 Å². The maximum Gasteiger partial charge on any atom is 0.0740 e. The van der Waals surface area contributed by atoms with Crippen molar-refractivity contribution in [2.24, 2.45) is 5.73 Å². The Balaban J connectivity index is 3.67. The summed E-state index contributed by atoms with van der Waals surface area (Å²) in [6.07, 6.45) is 4.60. The van der Waals surface area contributed by atoms with Crippen molar-refractivity contribution in [1.82, 2.24) is 4.90 Å². The van der Waals surface area contributed by atoms with Crippen LogP contribution >= 0.6 is 12.2 Å². The average molecular weight is 232 g/mol. The third kappa shape index (κ3) is 10.1. The minimum absolute atomic E-state index is 0.605. The van der Waals surface area contributed by atoms with Crippen molar-refractivity contribution < 1.29 is 4.74 Å². The molecular weight excluding hydrogens is 208 g/mol. The Hall–Kier alpha value is -0.190. The fourth-order valence-corrected chi connectivity index (χ4v) is 1.50. The minimum Gasteiger partial charge on any atom is -0.393 e. The third-order valence-electron chi connectivity index (χ3n) is 2.36. The lowest BCUT2D eigenvalue weighted by Crippen LogP contribution is -2.31. The normalized spacial score (nSPS) is 10.9. The summed E-state index contributed by atoms with van der Waals surface area (Å²) in [7, 11) is 1.73. The summed E-state index contributed by atoms with van der Waals surface area (Å²) >= 11 is 4.88. The van der Waals surface area contributed by atoms with Crippen molar-refractivity contribution in [1.29, 1.82) is 0 Å². The summed E-state index contributed by atoms with van der Waals surface area (Å²) in [5.74, 6) is 0. The van der Waals surface area contributed by atoms with Gasteiger partial charge in [-0.1, -0.05) is 32.0 Å². The van der Waals surface area contributed by atoms with Crippen molar-refractivity contribution in [3.63, 3.8) is 0 Å². The summed E-state index contributed by atoms with van der Waals surface area (Å²) < 4.78 is 5.08. The number of ether oxygens (including phenoxy) is 1. The molecule has 0 fully saturated rings. The Labute approximate surface area is 99.0 Å². The van der Waals surface area contributed by atoms with Gasteiger partial charge in [-0.05, 0) is 13.0 Å². The molecule has 0 spiro atoms. The molecule has 0 aliphatic heterocycles. The highest BCUT2D eigenvalue weighted by molar-refractivity contribution is 7.80. The number of rotatable bonds is 10. The Morgan fingerprint density at radius 2 is 2.00 bits per heavy atom. The zero-order valence-electron chi connectivity index (χ0n) is 10.00. The smallest absolute Gasteiger partial charge is 0.0740 e. The van der Waals surface area contributed by atoms with Gasteiger partial charge in [-0.2, -0.15) is 0 Å². The summed E-state index contributed by atoms with van der Waals surface area (Å²) in [6.45, 7) is 6.06. The molecule has 0 radical (unpaired) electrons. The predicted molar refractivity (Wildman–Crippen MR) is 69.2 cm³/mol. The lowest BCUT2D eigenvalue weighted by atomic mass is 10.2. The standard InChI is InChI=1S/C11H24N2OS/c1-3-4-5-7-13(9-10-14-2)8-6-11(12)15/h3-10H2,1-2H3,(H2,12,15). The second-order valence-electron chi connectivity index (χ2n) is 3.76. The van der Waals surface area contributed by atoms with E-state index in [-0.39, 0.29) is 0 Å². The summed E-state index contributed by atoms with van der Waals surface area (Å²) in [4.78, 5) is 2.98. The fourth-order valence-electron chi connectivity index (χ4n) is 1.41. The van der Waals surface area contributed by atoms with E-state index in [2.05, 4.69) is 11.8 Å². The number of nitrogens with zero attached hydrogens (tertiary/aromatic N) is 1. The first-order valence-corrected chi connectivity index (χ1v) is 6.11. The van der Waals surface area contributed by atoms with Crippen molar-refractivity contribution >= 4 is 17.2 Å². The van der Waals surface area contributed by atoms with E-state index in [4.69, 9.17) is 22.7 Å². The molecule has 0 saturated carbocycles. The Morgan fingerprint density at radius 3 is 2.53 bits per heavy atom. The van der Waals surface area contributed by atoms with E-state index in [1.54, 1.807) is 7.11 Å². The van der Waals surface area contributed by atoms with Crippen molar-refractivity contribution in [3.05, 3.63) is 0 Å². The van der Waals surface area contributed by atoms with E-state index in [0.717, 1.165) is 32.7 Å². The predicted octanol–water partition coefficient (Wildman–Crippen LogP) is 1.80. The molecule has 15 heavy (non-hydrogen) atoms. The zero-order valence-corrected chi connectivity index (χ0v) is 10.8. The van der Waals surface area contributed by atoms with E-state index in [1.165, 1.54) is 19.3 Å². The minimum atomic E-state index is 0.605. The highest BCUT2D eigenvalue weighted by Crippen LogP contribution is 1.99. The van der Waals surface area contributed by atoms with Crippen LogP contribution in [-0.2, 0) is 4.74 Å². The van der Waals surface area contributed by atoms with Gasteiger partial charge in [0.25, 0.3) is 0 Å². The maximum atomic E-state index is 5.50. The molecule has 0 atom stereocenters. The number of methoxy groups -OCH3 is 1. The van der Waals surface area contributed by atoms with Crippen molar-refractivity contribution in [3.8, 4) is 0 Å². The lowest BCUT2D eigenvalue weighted by molar-refractivity contribution is 0.148. The molecule has 3 nitrogen and oxygen atoms in total. The molecule has 0 rings (SSSR count). The van der Waals surface area contributed by atoms with Crippen LogP contribution < -0.4 is 5.73 Å². The van der Waals surface area contributed by atoms with Gasteiger partial charge in [0.1, 0.15) is 0 Å². The maximum absolute atomic E-state index is 5.50. The highest BCUT2D eigenvalue weighted by atomic mass is 32.1. The molecule has 0 aliphatic carbocycles. The van der Waals surface area contributed by atoms with E-state index in [9.17, 15) is 0 Å². The summed E-state index contributed by atoms with van der Waals surface area (Å²) in [5, 5.41) is 0. The molecule has 0 aromatic carbocycles. The van der Waals surface area contributed by atoms with Crippen LogP contribution in [0.1, 0.15) is 32.6 Å². The van der Waals surface area contributed by atoms with Crippen LogP contribution in [0.25, 0.3) is 0 Å². The first kappa shape index (κ1) is 14.8. The molecular formula is C11H24N2OS. The fraction of sp³-hybridized carbons (Fsp3) is 0.909. The first-order chi connectivity index (χ1) is 7.20. The van der Waals surface area contributed by atoms with Crippen LogP contribution in [0.5, 0.6) is 0 Å². The number of hydrogen-bond acceptors (Lipinski definition) is 3. The van der Waals surface area contributed by atoms with Gasteiger partial charge in [-0.25, -0.2) is 0 Å². The van der Waals surface area contributed by atoms with Gasteiger partial charge in [0.05, 0.1) is 11.6 Å². The lowest BCUT2D eigenvalue weighted by Gasteiger charge is -2.21. The summed E-state index contributed by atoms with van der Waals surface area (Å²) in [5.41, 5.74) is 5.50. The molecule has 0 saturated heterocycles. The Kier molecular flexibility index (Phi) is 10.2. The molecule has 2 N–H and O–H groups in total. The first-order valence-electron chi connectivity index (χ1n) is 5.70. The van der Waals surface area contributed by atoms with Crippen LogP contribution in [0.3, 0.4) is 0 Å². The molecule has 0 amide bonds. The van der Waals surface area contributed by atoms with E-state index >= 15 is 0 Å². The second kappa shape index (κ2) is 10.3. The quantitative estimate of drug-likeness (QED) is 0.460. The van der Waals surface area contributed by atoms with E-state index in [0.29, 0.717) is 4.99 Å². The molecule has 4 heteroatoms. The van der Waals surface area contributed by atoms with Crippen LogP contribution in [0.2, 0.25) is 0 Å². The molecule has 0 bridgehead atoms. The molecule has 0 aromatic heterocycles. The average Bonchev–Trinajstić information content (AvgIpc) is 2.21. The van der Waals surface area contributed by atoms with Gasteiger partial charge < -0.3 is 15.4 Å². The number of hydrogen-bond donors (Lipinski definition) is 1. The van der Waals surface area contributed by atoms with Gasteiger partial charge >= 0.3 is 0 Å². The van der Waals surface area contributed by atoms with Crippen molar-refractivity contribution in [2.75, 3.05) is 33.4 Å². The Bertz CT molecular complexity index is 165. The third-order valence-corrected chi connectivity index (χ3v) is 2.57. The summed E-state index contributed by atoms with van der Waals surface area (Å²) in [6, 6.07) is 0. The topological polar surface area (TPSA) is 38.5 Å². The number of nitrogens with two attached hydrogens (primary N) is 1. The Morgan fingerprint density at radius 1 is 1.27 bits per heavy atom. The van der Waals surface area contributed by atoms with Gasteiger partial charge in [0.2, 0.25) is 0 Å².